The Morgan fingerprint density at radius 2 is 1.87 bits per heavy atom. The zero-order valence-electron chi connectivity index (χ0n) is 18.0. The van der Waals surface area contributed by atoms with Crippen molar-refractivity contribution in [2.45, 2.75) is 57.7 Å². The van der Waals surface area contributed by atoms with E-state index in [1.54, 1.807) is 0 Å². The SMILES string of the molecule is CCC(C)C(NC(=O)C(Cc1ccccc1)NC(=O)CN)C(=O)N1CCCC1C(=O)O. The molecule has 1 saturated heterocycles. The number of nitrogens with two attached hydrogens (primary N) is 1. The molecule has 4 atom stereocenters. The number of hydrogen-bond acceptors (Lipinski definition) is 5. The van der Waals surface area contributed by atoms with Crippen LogP contribution in [0.15, 0.2) is 30.3 Å². The van der Waals surface area contributed by atoms with Gasteiger partial charge in [-0.15, -0.1) is 0 Å². The molecule has 0 bridgehead atoms. The first-order chi connectivity index (χ1) is 14.8. The summed E-state index contributed by atoms with van der Waals surface area (Å²) >= 11 is 0. The van der Waals surface area contributed by atoms with Crippen molar-refractivity contribution in [3.63, 3.8) is 0 Å². The molecule has 1 aliphatic heterocycles. The summed E-state index contributed by atoms with van der Waals surface area (Å²) in [6, 6.07) is 6.52. The number of carboxylic acid groups (broad SMARTS) is 1. The summed E-state index contributed by atoms with van der Waals surface area (Å²) in [6.07, 6.45) is 1.85. The first kappa shape index (κ1) is 24.3. The molecule has 0 aliphatic carbocycles. The summed E-state index contributed by atoms with van der Waals surface area (Å²) in [4.78, 5) is 51.1. The zero-order chi connectivity index (χ0) is 23.0. The number of aliphatic carboxylic acids is 1. The molecule has 9 nitrogen and oxygen atoms in total. The minimum atomic E-state index is -1.04. The van der Waals surface area contributed by atoms with E-state index in [2.05, 4.69) is 10.6 Å². The predicted molar refractivity (Wildman–Crippen MR) is 115 cm³/mol. The molecular weight excluding hydrogens is 400 g/mol. The molecule has 1 fully saturated rings. The Balaban J connectivity index is 2.21. The molecule has 4 unspecified atom stereocenters. The highest BCUT2D eigenvalue weighted by atomic mass is 16.4. The predicted octanol–water partition coefficient (Wildman–Crippen LogP) is 0.279. The van der Waals surface area contributed by atoms with Gasteiger partial charge in [-0.25, -0.2) is 4.79 Å². The second-order valence-electron chi connectivity index (χ2n) is 7.91. The van der Waals surface area contributed by atoms with Crippen molar-refractivity contribution in [2.24, 2.45) is 11.7 Å². The number of carbonyl (C=O) groups excluding carboxylic acids is 3. The topological polar surface area (TPSA) is 142 Å². The van der Waals surface area contributed by atoms with E-state index in [-0.39, 0.29) is 18.9 Å². The van der Waals surface area contributed by atoms with Crippen LogP contribution in [0.25, 0.3) is 0 Å². The van der Waals surface area contributed by atoms with Crippen LogP contribution >= 0.6 is 0 Å². The van der Waals surface area contributed by atoms with Crippen LogP contribution in [0.5, 0.6) is 0 Å². The molecule has 0 radical (unpaired) electrons. The fourth-order valence-electron chi connectivity index (χ4n) is 3.72. The molecule has 1 aromatic rings. The Bertz CT molecular complexity index is 785. The number of likely N-dealkylation sites (tertiary alicyclic amines) is 1. The molecule has 1 aromatic carbocycles. The highest BCUT2D eigenvalue weighted by molar-refractivity contribution is 5.94. The van der Waals surface area contributed by atoms with Crippen LogP contribution in [0.1, 0.15) is 38.7 Å². The van der Waals surface area contributed by atoms with E-state index >= 15 is 0 Å². The molecular formula is C22H32N4O5. The molecule has 0 saturated carbocycles. The van der Waals surface area contributed by atoms with Gasteiger partial charge in [0.05, 0.1) is 6.54 Å². The molecule has 3 amide bonds. The van der Waals surface area contributed by atoms with E-state index in [9.17, 15) is 24.3 Å². The van der Waals surface area contributed by atoms with Gasteiger partial charge in [0.15, 0.2) is 0 Å². The van der Waals surface area contributed by atoms with Gasteiger partial charge in [0.1, 0.15) is 18.1 Å². The monoisotopic (exact) mass is 432 g/mol. The lowest BCUT2D eigenvalue weighted by Gasteiger charge is -2.31. The second kappa shape index (κ2) is 11.5. The van der Waals surface area contributed by atoms with Crippen LogP contribution in [-0.4, -0.2) is 64.9 Å². The summed E-state index contributed by atoms with van der Waals surface area (Å²) in [5.41, 5.74) is 6.24. The van der Waals surface area contributed by atoms with Gasteiger partial charge in [0.25, 0.3) is 0 Å². The minimum Gasteiger partial charge on any atom is -0.480 e. The molecule has 9 heteroatoms. The molecule has 5 N–H and O–H groups in total. The first-order valence-corrected chi connectivity index (χ1v) is 10.7. The number of rotatable bonds is 10. The lowest BCUT2D eigenvalue weighted by molar-refractivity contribution is -0.150. The van der Waals surface area contributed by atoms with Crippen molar-refractivity contribution in [3.05, 3.63) is 35.9 Å². The summed E-state index contributed by atoms with van der Waals surface area (Å²) < 4.78 is 0. The molecule has 170 valence electrons. The maximum Gasteiger partial charge on any atom is 0.326 e. The van der Waals surface area contributed by atoms with Crippen LogP contribution in [-0.2, 0) is 25.6 Å². The maximum absolute atomic E-state index is 13.2. The smallest absolute Gasteiger partial charge is 0.326 e. The van der Waals surface area contributed by atoms with Crippen LogP contribution in [0.4, 0.5) is 0 Å². The first-order valence-electron chi connectivity index (χ1n) is 10.7. The van der Waals surface area contributed by atoms with Crippen molar-refractivity contribution < 1.29 is 24.3 Å². The van der Waals surface area contributed by atoms with Crippen LogP contribution in [0.3, 0.4) is 0 Å². The number of nitrogens with zero attached hydrogens (tertiary/aromatic N) is 1. The lowest BCUT2D eigenvalue weighted by atomic mass is 9.96. The molecule has 0 aromatic heterocycles. The highest BCUT2D eigenvalue weighted by Crippen LogP contribution is 2.21. The van der Waals surface area contributed by atoms with E-state index in [1.165, 1.54) is 4.90 Å². The fraction of sp³-hybridized carbons (Fsp3) is 0.545. The van der Waals surface area contributed by atoms with Gasteiger partial charge in [-0.3, -0.25) is 14.4 Å². The van der Waals surface area contributed by atoms with Gasteiger partial charge < -0.3 is 26.4 Å². The number of carbonyl (C=O) groups is 4. The van der Waals surface area contributed by atoms with Crippen LogP contribution in [0, 0.1) is 5.92 Å². The van der Waals surface area contributed by atoms with Crippen molar-refractivity contribution in [1.82, 2.24) is 15.5 Å². The average Bonchev–Trinajstić information content (AvgIpc) is 3.26. The molecule has 1 heterocycles. The maximum atomic E-state index is 13.2. The van der Waals surface area contributed by atoms with Crippen LogP contribution in [0.2, 0.25) is 0 Å². The van der Waals surface area contributed by atoms with Crippen LogP contribution < -0.4 is 16.4 Å². The van der Waals surface area contributed by atoms with Crippen molar-refractivity contribution in [3.8, 4) is 0 Å². The third kappa shape index (κ3) is 6.52. The molecule has 31 heavy (non-hydrogen) atoms. The fourth-order valence-corrected chi connectivity index (χ4v) is 3.72. The minimum absolute atomic E-state index is 0.214. The highest BCUT2D eigenvalue weighted by Gasteiger charge is 2.39. The van der Waals surface area contributed by atoms with E-state index in [0.29, 0.717) is 25.8 Å². The summed E-state index contributed by atoms with van der Waals surface area (Å²) in [5.74, 6) is -2.65. The number of nitrogens with one attached hydrogen (secondary N) is 2. The molecule has 2 rings (SSSR count). The standard InChI is InChI=1S/C22H32N4O5/c1-3-14(2)19(21(29)26-11-7-10-17(26)22(30)31)25-20(28)16(24-18(27)13-23)12-15-8-5-4-6-9-15/h4-6,8-9,14,16-17,19H,3,7,10-13,23H2,1-2H3,(H,24,27)(H,25,28)(H,30,31). The van der Waals surface area contributed by atoms with E-state index in [1.807, 2.05) is 44.2 Å². The summed E-state index contributed by atoms with van der Waals surface area (Å²) in [5, 5.41) is 14.8. The van der Waals surface area contributed by atoms with Crippen molar-refractivity contribution in [2.75, 3.05) is 13.1 Å². The van der Waals surface area contributed by atoms with E-state index in [4.69, 9.17) is 5.73 Å². The quantitative estimate of drug-likeness (QED) is 0.418. The average molecular weight is 433 g/mol. The zero-order valence-corrected chi connectivity index (χ0v) is 18.0. The normalized spacial score (nSPS) is 18.7. The third-order valence-corrected chi connectivity index (χ3v) is 5.72. The van der Waals surface area contributed by atoms with Gasteiger partial charge in [-0.05, 0) is 24.3 Å². The number of benzene rings is 1. The van der Waals surface area contributed by atoms with Gasteiger partial charge in [0, 0.05) is 13.0 Å². The molecule has 1 aliphatic rings. The van der Waals surface area contributed by atoms with Gasteiger partial charge >= 0.3 is 5.97 Å². The van der Waals surface area contributed by atoms with Gasteiger partial charge in [0.2, 0.25) is 17.7 Å². The van der Waals surface area contributed by atoms with Gasteiger partial charge in [-0.1, -0.05) is 50.6 Å². The lowest BCUT2D eigenvalue weighted by Crippen LogP contribution is -2.58. The molecule has 0 spiro atoms. The summed E-state index contributed by atoms with van der Waals surface area (Å²) in [6.45, 7) is 3.81. The Morgan fingerprint density at radius 3 is 2.45 bits per heavy atom. The van der Waals surface area contributed by atoms with E-state index < -0.39 is 41.8 Å². The van der Waals surface area contributed by atoms with Crippen molar-refractivity contribution >= 4 is 23.7 Å². The van der Waals surface area contributed by atoms with Gasteiger partial charge in [-0.2, -0.15) is 0 Å². The Labute approximate surface area is 182 Å². The number of amides is 3. The second-order valence-corrected chi connectivity index (χ2v) is 7.91. The Hall–Kier alpha value is -2.94. The van der Waals surface area contributed by atoms with E-state index in [0.717, 1.165) is 5.56 Å². The largest absolute Gasteiger partial charge is 0.480 e. The Kier molecular flexibility index (Phi) is 8.99. The summed E-state index contributed by atoms with van der Waals surface area (Å²) in [7, 11) is 0. The number of hydrogen-bond donors (Lipinski definition) is 4. The Morgan fingerprint density at radius 1 is 1.19 bits per heavy atom. The van der Waals surface area contributed by atoms with Crippen molar-refractivity contribution in [1.29, 1.82) is 0 Å². The number of carboxylic acids is 1. The third-order valence-electron chi connectivity index (χ3n) is 5.72.